The van der Waals surface area contributed by atoms with E-state index >= 15 is 0 Å². The summed E-state index contributed by atoms with van der Waals surface area (Å²) in [6.07, 6.45) is 4.14. The zero-order valence-electron chi connectivity index (χ0n) is 8.62. The predicted octanol–water partition coefficient (Wildman–Crippen LogP) is 0.488. The fourth-order valence-electron chi connectivity index (χ4n) is 1.62. The standard InChI is InChI=1S/C9H17N3O2S/c10-8(13)14-6-5-11-9(15)12-7-3-1-2-4-7/h7H,1-6H2,(H2,10,13)(H2,11,12,15). The zero-order valence-corrected chi connectivity index (χ0v) is 9.44. The number of rotatable bonds is 4. The minimum Gasteiger partial charge on any atom is -0.448 e. The van der Waals surface area contributed by atoms with Gasteiger partial charge in [0.25, 0.3) is 0 Å². The first-order chi connectivity index (χ1) is 7.18. The molecule has 1 fully saturated rings. The minimum atomic E-state index is -0.758. The molecule has 0 aromatic carbocycles. The molecule has 5 nitrogen and oxygen atoms in total. The first-order valence-corrected chi connectivity index (χ1v) is 5.56. The first kappa shape index (κ1) is 12.0. The molecular weight excluding hydrogens is 214 g/mol. The van der Waals surface area contributed by atoms with Gasteiger partial charge in [0.05, 0.1) is 6.54 Å². The summed E-state index contributed by atoms with van der Waals surface area (Å²) in [5.41, 5.74) is 4.80. The highest BCUT2D eigenvalue weighted by Gasteiger charge is 2.14. The largest absolute Gasteiger partial charge is 0.448 e. The third kappa shape index (κ3) is 5.41. The van der Waals surface area contributed by atoms with Crippen molar-refractivity contribution in [3.8, 4) is 0 Å². The summed E-state index contributed by atoms with van der Waals surface area (Å²) in [5.74, 6) is 0. The fourth-order valence-corrected chi connectivity index (χ4v) is 1.89. The molecule has 0 unspecified atom stereocenters. The summed E-state index contributed by atoms with van der Waals surface area (Å²) in [6.45, 7) is 0.726. The molecule has 0 aromatic rings. The van der Waals surface area contributed by atoms with Gasteiger partial charge in [0, 0.05) is 6.04 Å². The number of thiocarbonyl (C=S) groups is 1. The molecular formula is C9H17N3O2S. The first-order valence-electron chi connectivity index (χ1n) is 5.15. The topological polar surface area (TPSA) is 76.4 Å². The summed E-state index contributed by atoms with van der Waals surface area (Å²) in [5, 5.41) is 6.79. The number of ether oxygens (including phenoxy) is 1. The van der Waals surface area contributed by atoms with Crippen molar-refractivity contribution in [3.63, 3.8) is 0 Å². The van der Waals surface area contributed by atoms with Gasteiger partial charge in [-0.25, -0.2) is 4.79 Å². The highest BCUT2D eigenvalue weighted by Crippen LogP contribution is 2.17. The second kappa shape index (κ2) is 6.44. The smallest absolute Gasteiger partial charge is 0.404 e. The van der Waals surface area contributed by atoms with Gasteiger partial charge in [0.2, 0.25) is 0 Å². The SMILES string of the molecule is NC(=O)OCCNC(=S)NC1CCCC1. The summed E-state index contributed by atoms with van der Waals surface area (Å²) < 4.78 is 4.55. The number of carbonyl (C=O) groups is 1. The third-order valence-corrected chi connectivity index (χ3v) is 2.58. The third-order valence-electron chi connectivity index (χ3n) is 2.32. The summed E-state index contributed by atoms with van der Waals surface area (Å²) in [4.78, 5) is 10.2. The van der Waals surface area contributed by atoms with Gasteiger partial charge in [-0.05, 0) is 25.1 Å². The molecule has 0 atom stereocenters. The Morgan fingerprint density at radius 1 is 1.47 bits per heavy atom. The lowest BCUT2D eigenvalue weighted by molar-refractivity contribution is 0.159. The molecule has 86 valence electrons. The fraction of sp³-hybridized carbons (Fsp3) is 0.778. The van der Waals surface area contributed by atoms with Crippen LogP contribution in [0.2, 0.25) is 0 Å². The van der Waals surface area contributed by atoms with Gasteiger partial charge < -0.3 is 21.1 Å². The number of nitrogens with one attached hydrogen (secondary N) is 2. The Hall–Kier alpha value is -1.04. The van der Waals surface area contributed by atoms with Crippen LogP contribution in [0.3, 0.4) is 0 Å². The van der Waals surface area contributed by atoms with Crippen molar-refractivity contribution >= 4 is 23.4 Å². The van der Waals surface area contributed by atoms with Crippen molar-refractivity contribution < 1.29 is 9.53 Å². The van der Waals surface area contributed by atoms with Crippen molar-refractivity contribution in [1.82, 2.24) is 10.6 Å². The quantitative estimate of drug-likeness (QED) is 0.485. The van der Waals surface area contributed by atoms with Crippen molar-refractivity contribution in [3.05, 3.63) is 0 Å². The molecule has 15 heavy (non-hydrogen) atoms. The highest BCUT2D eigenvalue weighted by molar-refractivity contribution is 7.80. The van der Waals surface area contributed by atoms with Crippen molar-refractivity contribution in [2.75, 3.05) is 13.2 Å². The lowest BCUT2D eigenvalue weighted by atomic mass is 10.3. The van der Waals surface area contributed by atoms with Crippen LogP contribution in [0.4, 0.5) is 4.79 Å². The van der Waals surface area contributed by atoms with Crippen LogP contribution in [-0.4, -0.2) is 30.4 Å². The Labute approximate surface area is 94.7 Å². The lowest BCUT2D eigenvalue weighted by Gasteiger charge is -2.15. The Kier molecular flexibility index (Phi) is 5.17. The van der Waals surface area contributed by atoms with E-state index in [0.717, 1.165) is 0 Å². The van der Waals surface area contributed by atoms with Crippen molar-refractivity contribution in [2.24, 2.45) is 5.73 Å². The molecule has 0 bridgehead atoms. The molecule has 0 spiro atoms. The van der Waals surface area contributed by atoms with Gasteiger partial charge in [-0.15, -0.1) is 0 Å². The molecule has 1 aliphatic rings. The normalized spacial score (nSPS) is 16.0. The maximum atomic E-state index is 10.2. The Balaban J connectivity index is 2.00. The van der Waals surface area contributed by atoms with Gasteiger partial charge in [-0.2, -0.15) is 0 Å². The second-order valence-electron chi connectivity index (χ2n) is 3.55. The summed E-state index contributed by atoms with van der Waals surface area (Å²) in [6, 6.07) is 0.502. The van der Waals surface area contributed by atoms with Gasteiger partial charge in [0.1, 0.15) is 6.61 Å². The molecule has 4 N–H and O–H groups in total. The maximum absolute atomic E-state index is 10.2. The maximum Gasteiger partial charge on any atom is 0.404 e. The Bertz CT molecular complexity index is 229. The molecule has 0 saturated heterocycles. The summed E-state index contributed by atoms with van der Waals surface area (Å²) >= 11 is 5.08. The average Bonchev–Trinajstić information content (AvgIpc) is 2.64. The minimum absolute atomic E-state index is 0.238. The van der Waals surface area contributed by atoms with Crippen LogP contribution in [0, 0.1) is 0 Å². The van der Waals surface area contributed by atoms with Crippen LogP contribution in [0.5, 0.6) is 0 Å². The molecule has 6 heteroatoms. The van der Waals surface area contributed by atoms with Gasteiger partial charge in [0.15, 0.2) is 5.11 Å². The zero-order chi connectivity index (χ0) is 11.1. The predicted molar refractivity (Wildman–Crippen MR) is 61.5 cm³/mol. The van der Waals surface area contributed by atoms with E-state index in [0.29, 0.717) is 17.7 Å². The van der Waals surface area contributed by atoms with Gasteiger partial charge in [-0.3, -0.25) is 0 Å². The van der Waals surface area contributed by atoms with E-state index in [9.17, 15) is 4.79 Å². The van der Waals surface area contributed by atoms with Crippen LogP contribution < -0.4 is 16.4 Å². The molecule has 0 heterocycles. The molecule has 1 saturated carbocycles. The van der Waals surface area contributed by atoms with Gasteiger partial charge in [-0.1, -0.05) is 12.8 Å². The molecule has 1 aliphatic carbocycles. The van der Waals surface area contributed by atoms with E-state index in [1.807, 2.05) is 0 Å². The summed E-state index contributed by atoms with van der Waals surface area (Å²) in [7, 11) is 0. The molecule has 0 aliphatic heterocycles. The number of hydrogen-bond acceptors (Lipinski definition) is 3. The van der Waals surface area contributed by atoms with Crippen LogP contribution in [0.25, 0.3) is 0 Å². The van der Waals surface area contributed by atoms with Crippen LogP contribution in [0.15, 0.2) is 0 Å². The molecule has 1 rings (SSSR count). The lowest BCUT2D eigenvalue weighted by Crippen LogP contribution is -2.42. The number of hydrogen-bond donors (Lipinski definition) is 3. The van der Waals surface area contributed by atoms with E-state index < -0.39 is 6.09 Å². The van der Waals surface area contributed by atoms with Crippen LogP contribution in [0.1, 0.15) is 25.7 Å². The van der Waals surface area contributed by atoms with E-state index in [-0.39, 0.29) is 6.61 Å². The highest BCUT2D eigenvalue weighted by atomic mass is 32.1. The van der Waals surface area contributed by atoms with E-state index in [2.05, 4.69) is 15.4 Å². The second-order valence-corrected chi connectivity index (χ2v) is 3.96. The molecule has 1 amide bonds. The van der Waals surface area contributed by atoms with E-state index in [1.165, 1.54) is 25.7 Å². The monoisotopic (exact) mass is 231 g/mol. The Morgan fingerprint density at radius 2 is 2.13 bits per heavy atom. The number of carbonyl (C=O) groups excluding carboxylic acids is 1. The van der Waals surface area contributed by atoms with Crippen LogP contribution >= 0.6 is 12.2 Å². The number of primary amides is 1. The Morgan fingerprint density at radius 3 is 2.73 bits per heavy atom. The van der Waals surface area contributed by atoms with Crippen molar-refractivity contribution in [2.45, 2.75) is 31.7 Å². The van der Waals surface area contributed by atoms with Crippen molar-refractivity contribution in [1.29, 1.82) is 0 Å². The number of nitrogens with two attached hydrogens (primary N) is 1. The van der Waals surface area contributed by atoms with Gasteiger partial charge >= 0.3 is 6.09 Å². The van der Waals surface area contributed by atoms with E-state index in [4.69, 9.17) is 18.0 Å². The molecule has 0 aromatic heterocycles. The van der Waals surface area contributed by atoms with Crippen LogP contribution in [-0.2, 0) is 4.74 Å². The molecule has 0 radical (unpaired) electrons. The average molecular weight is 231 g/mol. The number of amides is 1. The van der Waals surface area contributed by atoms with E-state index in [1.54, 1.807) is 0 Å².